The molecule has 298 valence electrons. The van der Waals surface area contributed by atoms with E-state index in [0.717, 1.165) is 115 Å². The van der Waals surface area contributed by atoms with E-state index < -0.39 is 0 Å². The van der Waals surface area contributed by atoms with E-state index in [-0.39, 0.29) is 11.0 Å². The minimum absolute atomic E-state index is 0.192. The maximum Gasteiger partial charge on any atom is 0.0820 e. The highest BCUT2D eigenvalue weighted by Crippen LogP contribution is 2.36. The van der Waals surface area contributed by atoms with Crippen molar-refractivity contribution in [3.05, 3.63) is 102 Å². The number of hydrogen-bond acceptors (Lipinski definition) is 7. The zero-order valence-corrected chi connectivity index (χ0v) is 35.6. The normalized spacial score (nSPS) is 14.2. The van der Waals surface area contributed by atoms with Gasteiger partial charge in [0.2, 0.25) is 0 Å². The van der Waals surface area contributed by atoms with Crippen LogP contribution >= 0.6 is 0 Å². The Bertz CT molecular complexity index is 1450. The molecule has 1 aliphatic rings. The Labute approximate surface area is 325 Å². The van der Waals surface area contributed by atoms with E-state index in [1.54, 1.807) is 0 Å². The smallest absolute Gasteiger partial charge is 0.0820 e. The molecule has 0 saturated carbocycles. The van der Waals surface area contributed by atoms with Crippen molar-refractivity contribution in [3.8, 4) is 0 Å². The van der Waals surface area contributed by atoms with Crippen molar-refractivity contribution in [2.24, 2.45) is 22.7 Å². The molecule has 8 heteroatoms. The standard InChI is InChI=1S/C35H53N6.C8H20N2.C2H6/c1-26(2)20-22-41(7,8)23-21-35(5,6)25-38-27(3)14-13-15-28(4)40-24-29-16-9-10-17-30(29)34(39-37)33(36)31-18-11-12-19-32(31)40;1-4-7-10-8(2,3)5-6-9;1-2/h9-12,16-19,38-39H,1,3-4,13-15,20-25,36-37H2,2,5-8H3;10H,4-7,9H2,1-3H3;1-2H3/q+1;;/b34-33-;;. The number of allylic oxidation sites excluding steroid dienone is 2. The van der Waals surface area contributed by atoms with Gasteiger partial charge in [0.05, 0.1) is 44.3 Å². The third-order valence-corrected chi connectivity index (χ3v) is 9.82. The Balaban J connectivity index is 0.00000101. The average Bonchev–Trinajstić information content (AvgIpc) is 3.12. The SMILES string of the molecule is C=C(C)CC[N+](C)(C)CCC(C)(C)CNC(=C)CCCC(=C)N1Cc2ccccc2/C(NN)=C(/N)c2ccccc21.CC.CCCNC(C)(C)CCN. The van der Waals surface area contributed by atoms with Crippen molar-refractivity contribution in [1.82, 2.24) is 16.1 Å². The number of hydrazine groups is 1. The molecule has 0 radical (unpaired) electrons. The third-order valence-electron chi connectivity index (χ3n) is 9.82. The second-order valence-electron chi connectivity index (χ2n) is 16.4. The number of nitrogens with one attached hydrogen (secondary N) is 3. The fourth-order valence-electron chi connectivity index (χ4n) is 6.12. The van der Waals surface area contributed by atoms with E-state index in [4.69, 9.17) is 17.3 Å². The van der Waals surface area contributed by atoms with Crippen molar-refractivity contribution in [2.75, 3.05) is 51.7 Å². The molecule has 0 unspecified atom stereocenters. The highest BCUT2D eigenvalue weighted by molar-refractivity contribution is 5.94. The fourth-order valence-corrected chi connectivity index (χ4v) is 6.12. The molecule has 2 aromatic rings. The highest BCUT2D eigenvalue weighted by atomic mass is 15.3. The molecule has 0 aliphatic carbocycles. The summed E-state index contributed by atoms with van der Waals surface area (Å²) in [5.74, 6) is 5.95. The lowest BCUT2D eigenvalue weighted by molar-refractivity contribution is -0.890. The largest absolute Gasteiger partial charge is 0.396 e. The lowest BCUT2D eigenvalue weighted by Crippen LogP contribution is -2.44. The maximum absolute atomic E-state index is 6.68. The Hall–Kier alpha value is -3.56. The lowest BCUT2D eigenvalue weighted by Gasteiger charge is -2.34. The van der Waals surface area contributed by atoms with Crippen molar-refractivity contribution >= 4 is 17.1 Å². The van der Waals surface area contributed by atoms with E-state index in [1.807, 2.05) is 38.1 Å². The van der Waals surface area contributed by atoms with E-state index in [9.17, 15) is 0 Å². The van der Waals surface area contributed by atoms with Gasteiger partial charge in [0.1, 0.15) is 0 Å². The van der Waals surface area contributed by atoms with Crippen LogP contribution in [-0.2, 0) is 6.54 Å². The number of fused-ring (bicyclic) bond motifs is 2. The molecule has 2 aromatic carbocycles. The Morgan fingerprint density at radius 3 is 2.11 bits per heavy atom. The number of rotatable bonds is 20. The van der Waals surface area contributed by atoms with Gasteiger partial charge in [0.15, 0.2) is 0 Å². The van der Waals surface area contributed by atoms with Gasteiger partial charge in [-0.05, 0) is 83.0 Å². The van der Waals surface area contributed by atoms with Crippen molar-refractivity contribution in [1.29, 1.82) is 0 Å². The summed E-state index contributed by atoms with van der Waals surface area (Å²) < 4.78 is 1.02. The van der Waals surface area contributed by atoms with Crippen molar-refractivity contribution in [3.63, 3.8) is 0 Å². The van der Waals surface area contributed by atoms with E-state index >= 15 is 0 Å². The summed E-state index contributed by atoms with van der Waals surface area (Å²) in [6, 6.07) is 16.5. The Morgan fingerprint density at radius 2 is 1.51 bits per heavy atom. The second-order valence-corrected chi connectivity index (χ2v) is 16.4. The van der Waals surface area contributed by atoms with Crippen molar-refractivity contribution < 1.29 is 4.48 Å². The summed E-state index contributed by atoms with van der Waals surface area (Å²) in [7, 11) is 4.64. The molecule has 0 aromatic heterocycles. The molecule has 0 fully saturated rings. The van der Waals surface area contributed by atoms with Crippen LogP contribution in [0.5, 0.6) is 0 Å². The van der Waals surface area contributed by atoms with Gasteiger partial charge in [0, 0.05) is 54.0 Å². The zero-order valence-electron chi connectivity index (χ0n) is 35.6. The van der Waals surface area contributed by atoms with Gasteiger partial charge in [-0.3, -0.25) is 5.84 Å². The predicted octanol–water partition coefficient (Wildman–Crippen LogP) is 8.64. The first-order valence-electron chi connectivity index (χ1n) is 19.9. The van der Waals surface area contributed by atoms with Crippen LogP contribution in [0.2, 0.25) is 0 Å². The summed E-state index contributed by atoms with van der Waals surface area (Å²) in [6.07, 6.45) is 7.21. The van der Waals surface area contributed by atoms with Crippen LogP contribution in [0.15, 0.2) is 85.2 Å². The molecule has 1 heterocycles. The van der Waals surface area contributed by atoms with Gasteiger partial charge in [-0.1, -0.05) is 102 Å². The van der Waals surface area contributed by atoms with Gasteiger partial charge in [-0.2, -0.15) is 0 Å². The van der Waals surface area contributed by atoms with E-state index in [1.165, 1.54) is 12.0 Å². The quantitative estimate of drug-likeness (QED) is 0.0350. The summed E-state index contributed by atoms with van der Waals surface area (Å²) in [5, 5.41) is 7.06. The van der Waals surface area contributed by atoms with Crippen LogP contribution in [-0.4, -0.2) is 56.8 Å². The summed E-state index contributed by atoms with van der Waals surface area (Å²) in [6.45, 7) is 36.0. The number of para-hydroxylation sites is 1. The van der Waals surface area contributed by atoms with E-state index in [2.05, 4.69) is 121 Å². The van der Waals surface area contributed by atoms with Gasteiger partial charge < -0.3 is 36.9 Å². The highest BCUT2D eigenvalue weighted by Gasteiger charge is 2.25. The van der Waals surface area contributed by atoms with Gasteiger partial charge in [-0.25, -0.2) is 0 Å². The molecule has 0 saturated heterocycles. The van der Waals surface area contributed by atoms with Crippen LogP contribution in [0.3, 0.4) is 0 Å². The number of benzene rings is 2. The summed E-state index contributed by atoms with van der Waals surface area (Å²) >= 11 is 0. The first-order valence-corrected chi connectivity index (χ1v) is 19.9. The molecule has 3 rings (SSSR count). The third kappa shape index (κ3) is 17.0. The van der Waals surface area contributed by atoms with Crippen LogP contribution in [0.25, 0.3) is 11.4 Å². The molecule has 0 atom stereocenters. The molecule has 8 nitrogen and oxygen atoms in total. The Kier molecular flexibility index (Phi) is 20.8. The number of quaternary nitrogens is 1. The molecule has 0 bridgehead atoms. The predicted molar refractivity (Wildman–Crippen MR) is 235 cm³/mol. The zero-order chi connectivity index (χ0) is 40.2. The van der Waals surface area contributed by atoms with Gasteiger partial charge in [-0.15, -0.1) is 0 Å². The topological polar surface area (TPSA) is 117 Å². The monoisotopic (exact) mass is 732 g/mol. The summed E-state index contributed by atoms with van der Waals surface area (Å²) in [5.41, 5.74) is 24.3. The maximum atomic E-state index is 6.68. The van der Waals surface area contributed by atoms with Crippen LogP contribution in [0, 0.1) is 5.41 Å². The molecule has 0 amide bonds. The van der Waals surface area contributed by atoms with Gasteiger partial charge in [0.25, 0.3) is 0 Å². The molecule has 0 spiro atoms. The number of nitrogens with zero attached hydrogens (tertiary/aromatic N) is 2. The summed E-state index contributed by atoms with van der Waals surface area (Å²) in [4.78, 5) is 2.29. The molecular weight excluding hydrogens is 653 g/mol. The minimum Gasteiger partial charge on any atom is -0.396 e. The first-order chi connectivity index (χ1) is 25.0. The van der Waals surface area contributed by atoms with Crippen LogP contribution < -0.4 is 38.3 Å². The van der Waals surface area contributed by atoms with Gasteiger partial charge >= 0.3 is 0 Å². The first kappa shape index (κ1) is 47.5. The fraction of sp³-hybridized carbons (Fsp3) is 0.556. The molecular formula is C45H79N8+. The number of hydrogen-bond donors (Lipinski definition) is 6. The van der Waals surface area contributed by atoms with E-state index in [0.29, 0.717) is 12.2 Å². The number of anilines is 1. The molecule has 9 N–H and O–H groups in total. The number of nitrogens with two attached hydrogens (primary N) is 3. The molecule has 1 aliphatic heterocycles. The van der Waals surface area contributed by atoms with Crippen LogP contribution in [0.1, 0.15) is 117 Å². The lowest BCUT2D eigenvalue weighted by atomic mass is 9.88. The average molecular weight is 732 g/mol. The second kappa shape index (κ2) is 23.3. The Morgan fingerprint density at radius 1 is 0.887 bits per heavy atom. The van der Waals surface area contributed by atoms with Crippen molar-refractivity contribution in [2.45, 2.75) is 112 Å². The van der Waals surface area contributed by atoms with Crippen LogP contribution in [0.4, 0.5) is 5.69 Å². The minimum atomic E-state index is 0.192. The molecule has 53 heavy (non-hydrogen) atoms.